The highest BCUT2D eigenvalue weighted by Gasteiger charge is 2.21. The molecule has 0 fully saturated rings. The van der Waals surface area contributed by atoms with Gasteiger partial charge in [0.25, 0.3) is 0 Å². The maximum atomic E-state index is 12.9. The van der Waals surface area contributed by atoms with Crippen molar-refractivity contribution in [1.82, 2.24) is 4.98 Å². The Morgan fingerprint density at radius 1 is 1.59 bits per heavy atom. The third-order valence-corrected chi connectivity index (χ3v) is 2.13. The van der Waals surface area contributed by atoms with Crippen LogP contribution in [0.5, 0.6) is 0 Å². The van der Waals surface area contributed by atoms with Gasteiger partial charge in [0.1, 0.15) is 6.10 Å². The number of aliphatic hydroxyl groups is 2. The number of aldehydes is 1. The van der Waals surface area contributed by atoms with Gasteiger partial charge < -0.3 is 15.9 Å². The molecule has 1 aromatic rings. The Morgan fingerprint density at radius 3 is 2.76 bits per heavy atom. The lowest BCUT2D eigenvalue weighted by atomic mass is 10.0. The Balaban J connectivity index is 2.92. The number of pyridine rings is 1. The molecule has 7 heteroatoms. The van der Waals surface area contributed by atoms with Crippen LogP contribution in [-0.4, -0.2) is 33.5 Å². The third-order valence-electron chi connectivity index (χ3n) is 2.13. The van der Waals surface area contributed by atoms with E-state index in [4.69, 9.17) is 5.73 Å². The average molecular weight is 242 g/mol. The number of nitrogens with zero attached hydrogens (tertiary/aromatic N) is 1. The van der Waals surface area contributed by atoms with E-state index in [2.05, 4.69) is 4.98 Å². The molecule has 4 N–H and O–H groups in total. The first kappa shape index (κ1) is 13.2. The van der Waals surface area contributed by atoms with Gasteiger partial charge in [-0.1, -0.05) is 0 Å². The molecule has 2 unspecified atom stereocenters. The van der Waals surface area contributed by atoms with Gasteiger partial charge in [0.15, 0.2) is 6.29 Å². The lowest BCUT2D eigenvalue weighted by Crippen LogP contribution is -2.25. The van der Waals surface area contributed by atoms with Crippen molar-refractivity contribution in [3.05, 3.63) is 29.3 Å². The summed E-state index contributed by atoms with van der Waals surface area (Å²) in [6.07, 6.45) is -2.14. The second kappa shape index (κ2) is 5.46. The van der Waals surface area contributed by atoms with Crippen LogP contribution in [0.25, 0.3) is 0 Å². The second-order valence-electron chi connectivity index (χ2n) is 3.45. The van der Waals surface area contributed by atoms with Gasteiger partial charge in [0.05, 0.1) is 18.1 Å². The number of carbonyl (C=O) groups excluding carboxylic acids is 2. The van der Waals surface area contributed by atoms with Gasteiger partial charge in [0, 0.05) is 11.8 Å². The molecule has 92 valence electrons. The summed E-state index contributed by atoms with van der Waals surface area (Å²) in [7, 11) is 0. The van der Waals surface area contributed by atoms with Crippen molar-refractivity contribution in [2.45, 2.75) is 18.6 Å². The molecule has 0 bridgehead atoms. The zero-order valence-electron chi connectivity index (χ0n) is 8.71. The van der Waals surface area contributed by atoms with Crippen LogP contribution in [0.15, 0.2) is 12.3 Å². The lowest BCUT2D eigenvalue weighted by Gasteiger charge is -2.16. The number of halogens is 1. The summed E-state index contributed by atoms with van der Waals surface area (Å²) in [5.74, 6) is -1.76. The molecule has 0 spiro atoms. The predicted octanol–water partition coefficient (Wildman–Crippen LogP) is -0.697. The first-order chi connectivity index (χ1) is 7.95. The fraction of sp³-hybridized carbons (Fsp3) is 0.300. The summed E-state index contributed by atoms with van der Waals surface area (Å²) in [5, 5.41) is 19.0. The number of hydrogen-bond donors (Lipinski definition) is 3. The van der Waals surface area contributed by atoms with Crippen molar-refractivity contribution < 1.29 is 24.2 Å². The highest BCUT2D eigenvalue weighted by molar-refractivity contribution is 5.75. The van der Waals surface area contributed by atoms with E-state index >= 15 is 0 Å². The van der Waals surface area contributed by atoms with E-state index in [1.807, 2.05) is 0 Å². The summed E-state index contributed by atoms with van der Waals surface area (Å²) >= 11 is 0. The Hall–Kier alpha value is -1.86. The fourth-order valence-corrected chi connectivity index (χ4v) is 1.27. The van der Waals surface area contributed by atoms with E-state index in [1.165, 1.54) is 0 Å². The average Bonchev–Trinajstić information content (AvgIpc) is 2.27. The standard InChI is InChI=1S/C10H11FN2O4/c11-10-6(4-14)1-5(3-13-10)9(17)7(15)2-8(12)16/h1,3-4,7,9,15,17H,2H2,(H2,12,16). The molecule has 2 atom stereocenters. The fourth-order valence-electron chi connectivity index (χ4n) is 1.27. The second-order valence-corrected chi connectivity index (χ2v) is 3.45. The first-order valence-electron chi connectivity index (χ1n) is 4.70. The minimum absolute atomic E-state index is 0.0299. The highest BCUT2D eigenvalue weighted by atomic mass is 19.1. The van der Waals surface area contributed by atoms with Gasteiger partial charge in [0.2, 0.25) is 11.9 Å². The molecule has 0 saturated carbocycles. The van der Waals surface area contributed by atoms with Crippen LogP contribution in [0.3, 0.4) is 0 Å². The molecular formula is C10H11FN2O4. The van der Waals surface area contributed by atoms with Gasteiger partial charge in [-0.3, -0.25) is 9.59 Å². The van der Waals surface area contributed by atoms with E-state index in [-0.39, 0.29) is 17.4 Å². The normalized spacial score (nSPS) is 14.1. The molecule has 1 heterocycles. The SMILES string of the molecule is NC(=O)CC(O)C(O)c1cnc(F)c(C=O)c1. The van der Waals surface area contributed by atoms with Crippen LogP contribution < -0.4 is 5.73 Å². The number of hydrogen-bond acceptors (Lipinski definition) is 5. The monoisotopic (exact) mass is 242 g/mol. The van der Waals surface area contributed by atoms with E-state index in [9.17, 15) is 24.2 Å². The van der Waals surface area contributed by atoms with Gasteiger partial charge in [-0.2, -0.15) is 4.39 Å². The first-order valence-corrected chi connectivity index (χ1v) is 4.70. The molecule has 6 nitrogen and oxygen atoms in total. The Kier molecular flexibility index (Phi) is 4.24. The Bertz CT molecular complexity index is 438. The molecule has 1 aromatic heterocycles. The van der Waals surface area contributed by atoms with Crippen LogP contribution in [0.1, 0.15) is 28.4 Å². The minimum atomic E-state index is -1.46. The Labute approximate surface area is 95.9 Å². The van der Waals surface area contributed by atoms with Gasteiger partial charge in [-0.25, -0.2) is 4.98 Å². The minimum Gasteiger partial charge on any atom is -0.390 e. The number of amides is 1. The van der Waals surface area contributed by atoms with Crippen molar-refractivity contribution in [1.29, 1.82) is 0 Å². The zero-order chi connectivity index (χ0) is 13.0. The summed E-state index contributed by atoms with van der Waals surface area (Å²) in [4.78, 5) is 24.2. The van der Waals surface area contributed by atoms with Crippen LogP contribution in [0.2, 0.25) is 0 Å². The van der Waals surface area contributed by atoms with E-state index in [0.29, 0.717) is 0 Å². The molecule has 1 amide bonds. The highest BCUT2D eigenvalue weighted by Crippen LogP contribution is 2.19. The maximum absolute atomic E-state index is 12.9. The van der Waals surface area contributed by atoms with Crippen LogP contribution in [-0.2, 0) is 4.79 Å². The predicted molar refractivity (Wildman–Crippen MR) is 54.4 cm³/mol. The quantitative estimate of drug-likeness (QED) is 0.467. The number of carbonyl (C=O) groups is 2. The molecule has 0 saturated heterocycles. The van der Waals surface area contributed by atoms with Crippen molar-refractivity contribution in [3.63, 3.8) is 0 Å². The smallest absolute Gasteiger partial charge is 0.223 e. The number of nitrogens with two attached hydrogens (primary N) is 1. The van der Waals surface area contributed by atoms with Gasteiger partial charge in [-0.05, 0) is 6.07 Å². The Morgan fingerprint density at radius 2 is 2.24 bits per heavy atom. The van der Waals surface area contributed by atoms with E-state index in [1.54, 1.807) is 0 Å². The van der Waals surface area contributed by atoms with Crippen LogP contribution >= 0.6 is 0 Å². The van der Waals surface area contributed by atoms with Crippen molar-refractivity contribution in [2.24, 2.45) is 5.73 Å². The molecular weight excluding hydrogens is 231 g/mol. The van der Waals surface area contributed by atoms with Crippen molar-refractivity contribution >= 4 is 12.2 Å². The lowest BCUT2D eigenvalue weighted by molar-refractivity contribution is -0.121. The van der Waals surface area contributed by atoms with Crippen molar-refractivity contribution in [3.8, 4) is 0 Å². The van der Waals surface area contributed by atoms with E-state index in [0.717, 1.165) is 12.3 Å². The maximum Gasteiger partial charge on any atom is 0.223 e. The molecule has 0 radical (unpaired) electrons. The third kappa shape index (κ3) is 3.30. The molecule has 0 aromatic carbocycles. The zero-order valence-corrected chi connectivity index (χ0v) is 8.71. The summed E-state index contributed by atoms with van der Waals surface area (Å²) < 4.78 is 12.9. The number of rotatable bonds is 5. The number of aromatic nitrogens is 1. The topological polar surface area (TPSA) is 114 Å². The number of aliphatic hydroxyl groups excluding tert-OH is 2. The summed E-state index contributed by atoms with van der Waals surface area (Å²) in [6.45, 7) is 0. The molecule has 0 aliphatic heterocycles. The number of primary amides is 1. The summed E-state index contributed by atoms with van der Waals surface area (Å²) in [5.41, 5.74) is 4.54. The molecule has 0 aliphatic rings. The van der Waals surface area contributed by atoms with Crippen LogP contribution in [0.4, 0.5) is 4.39 Å². The molecule has 1 rings (SSSR count). The molecule has 0 aliphatic carbocycles. The van der Waals surface area contributed by atoms with Crippen LogP contribution in [0, 0.1) is 5.95 Å². The van der Waals surface area contributed by atoms with Gasteiger partial charge in [-0.15, -0.1) is 0 Å². The van der Waals surface area contributed by atoms with Gasteiger partial charge >= 0.3 is 0 Å². The summed E-state index contributed by atoms with van der Waals surface area (Å²) in [6, 6.07) is 1.05. The molecule has 17 heavy (non-hydrogen) atoms. The van der Waals surface area contributed by atoms with E-state index < -0.39 is 30.5 Å². The largest absolute Gasteiger partial charge is 0.390 e. The van der Waals surface area contributed by atoms with Crippen molar-refractivity contribution in [2.75, 3.05) is 0 Å².